The number of carbonyl (C=O) groups excluding carboxylic acids is 1. The Kier molecular flexibility index (Phi) is 3.57. The van der Waals surface area contributed by atoms with Gasteiger partial charge in [0.05, 0.1) is 15.6 Å². The maximum absolute atomic E-state index is 11.8. The predicted octanol–water partition coefficient (Wildman–Crippen LogP) is 4.24. The van der Waals surface area contributed by atoms with Crippen molar-refractivity contribution >= 4 is 41.1 Å². The van der Waals surface area contributed by atoms with Crippen LogP contribution in [0.3, 0.4) is 0 Å². The minimum atomic E-state index is -0.560. The Morgan fingerprint density at radius 1 is 1.19 bits per heavy atom. The summed E-state index contributed by atoms with van der Waals surface area (Å²) in [7, 11) is 0. The summed E-state index contributed by atoms with van der Waals surface area (Å²) in [6, 6.07) is 8.57. The molecule has 0 N–H and O–H groups in total. The first kappa shape index (κ1) is 13.9. The average Bonchev–Trinajstić information content (AvgIpc) is 3.00. The lowest BCUT2D eigenvalue weighted by atomic mass is 10.2. The number of cyclic esters (lactones) is 1. The van der Waals surface area contributed by atoms with Crippen LogP contribution in [0.5, 0.6) is 0 Å². The highest BCUT2D eigenvalue weighted by molar-refractivity contribution is 6.44. The molecule has 3 rings (SSSR count). The summed E-state index contributed by atoms with van der Waals surface area (Å²) < 4.78 is 10.5. The number of halogens is 2. The number of aryl methyl sites for hydroxylation is 1. The second kappa shape index (κ2) is 5.39. The molecule has 4 nitrogen and oxygen atoms in total. The number of carbonyl (C=O) groups is 1. The largest absolute Gasteiger partial charge is 0.462 e. The Bertz CT molecular complexity index is 790. The van der Waals surface area contributed by atoms with Gasteiger partial charge in [0.25, 0.3) is 0 Å². The first-order valence-electron chi connectivity index (χ1n) is 6.08. The molecule has 2 heterocycles. The molecule has 0 bridgehead atoms. The first-order valence-corrected chi connectivity index (χ1v) is 6.83. The molecular weight excluding hydrogens is 313 g/mol. The molecule has 0 radical (unpaired) electrons. The molecule has 2 aromatic rings. The van der Waals surface area contributed by atoms with Crippen LogP contribution in [-0.4, -0.2) is 11.9 Å². The number of aliphatic imine (C=N–C) groups is 1. The zero-order valence-corrected chi connectivity index (χ0v) is 12.4. The topological polar surface area (TPSA) is 51.8 Å². The number of hydrogen-bond acceptors (Lipinski definition) is 4. The average molecular weight is 322 g/mol. The van der Waals surface area contributed by atoms with E-state index >= 15 is 0 Å². The monoisotopic (exact) mass is 321 g/mol. The van der Waals surface area contributed by atoms with Crippen molar-refractivity contribution in [3.8, 4) is 0 Å². The van der Waals surface area contributed by atoms with Crippen molar-refractivity contribution in [2.75, 3.05) is 0 Å². The third-order valence-corrected chi connectivity index (χ3v) is 3.66. The van der Waals surface area contributed by atoms with Crippen molar-refractivity contribution in [3.05, 3.63) is 63.2 Å². The van der Waals surface area contributed by atoms with Crippen molar-refractivity contribution in [1.29, 1.82) is 0 Å². The van der Waals surface area contributed by atoms with Gasteiger partial charge in [0.2, 0.25) is 5.90 Å². The van der Waals surface area contributed by atoms with Gasteiger partial charge in [-0.15, -0.1) is 0 Å². The SMILES string of the molecule is Cc1ccc(/C=C2/N=C(c3cccc(Cl)c3Cl)OC2=O)o1. The van der Waals surface area contributed by atoms with E-state index in [9.17, 15) is 4.79 Å². The van der Waals surface area contributed by atoms with Crippen molar-refractivity contribution in [2.45, 2.75) is 6.92 Å². The molecule has 1 aromatic heterocycles. The summed E-state index contributed by atoms with van der Waals surface area (Å²) in [5.74, 6) is 0.842. The van der Waals surface area contributed by atoms with Crippen molar-refractivity contribution in [2.24, 2.45) is 4.99 Å². The van der Waals surface area contributed by atoms with Crippen LogP contribution in [0.2, 0.25) is 10.0 Å². The highest BCUT2D eigenvalue weighted by Crippen LogP contribution is 2.29. The van der Waals surface area contributed by atoms with E-state index in [0.29, 0.717) is 21.4 Å². The van der Waals surface area contributed by atoms with E-state index in [-0.39, 0.29) is 11.6 Å². The number of hydrogen-bond donors (Lipinski definition) is 0. The molecule has 0 unspecified atom stereocenters. The lowest BCUT2D eigenvalue weighted by molar-refractivity contribution is -0.129. The van der Waals surface area contributed by atoms with Gasteiger partial charge >= 0.3 is 5.97 Å². The van der Waals surface area contributed by atoms with Gasteiger partial charge in [-0.25, -0.2) is 9.79 Å². The van der Waals surface area contributed by atoms with Crippen LogP contribution < -0.4 is 0 Å². The molecule has 0 saturated heterocycles. The summed E-state index contributed by atoms with van der Waals surface area (Å²) in [4.78, 5) is 16.0. The van der Waals surface area contributed by atoms with Gasteiger partial charge in [0, 0.05) is 6.08 Å². The van der Waals surface area contributed by atoms with E-state index < -0.39 is 5.97 Å². The van der Waals surface area contributed by atoms with E-state index in [1.165, 1.54) is 6.08 Å². The number of esters is 1. The van der Waals surface area contributed by atoms with Crippen molar-refractivity contribution < 1.29 is 13.9 Å². The standard InChI is InChI=1S/C15H9Cl2NO3/c1-8-5-6-9(20-8)7-12-15(19)21-14(18-12)10-3-2-4-11(16)13(10)17/h2-7H,1H3/b12-7+. The Morgan fingerprint density at radius 3 is 2.71 bits per heavy atom. The van der Waals surface area contributed by atoms with Crippen LogP contribution in [0.25, 0.3) is 6.08 Å². The molecule has 0 atom stereocenters. The minimum absolute atomic E-state index is 0.127. The van der Waals surface area contributed by atoms with E-state index in [2.05, 4.69) is 4.99 Å². The summed E-state index contributed by atoms with van der Waals surface area (Å²) in [6.07, 6.45) is 1.51. The summed E-state index contributed by atoms with van der Waals surface area (Å²) in [5.41, 5.74) is 0.618. The highest BCUT2D eigenvalue weighted by atomic mass is 35.5. The number of nitrogens with zero attached hydrogens (tertiary/aromatic N) is 1. The maximum atomic E-state index is 11.8. The normalized spacial score (nSPS) is 16.2. The molecule has 21 heavy (non-hydrogen) atoms. The second-order valence-electron chi connectivity index (χ2n) is 4.39. The molecule has 1 aliphatic heterocycles. The van der Waals surface area contributed by atoms with E-state index in [1.807, 2.05) is 6.92 Å². The zero-order chi connectivity index (χ0) is 15.0. The van der Waals surface area contributed by atoms with Gasteiger partial charge in [-0.1, -0.05) is 29.3 Å². The number of ether oxygens (including phenoxy) is 1. The molecule has 1 aliphatic rings. The smallest absolute Gasteiger partial charge is 0.363 e. The number of benzene rings is 1. The van der Waals surface area contributed by atoms with Gasteiger partial charge in [0.1, 0.15) is 11.5 Å². The molecular formula is C15H9Cl2NO3. The van der Waals surface area contributed by atoms with Gasteiger partial charge in [-0.3, -0.25) is 0 Å². The third kappa shape index (κ3) is 2.73. The molecule has 6 heteroatoms. The zero-order valence-electron chi connectivity index (χ0n) is 10.9. The molecule has 1 aromatic carbocycles. The Balaban J connectivity index is 1.99. The van der Waals surface area contributed by atoms with Crippen molar-refractivity contribution in [1.82, 2.24) is 0 Å². The molecule has 0 amide bonds. The molecule has 0 spiro atoms. The fourth-order valence-corrected chi connectivity index (χ4v) is 2.24. The van der Waals surface area contributed by atoms with Crippen LogP contribution in [0.4, 0.5) is 0 Å². The molecule has 0 fully saturated rings. The maximum Gasteiger partial charge on any atom is 0.363 e. The van der Waals surface area contributed by atoms with Gasteiger partial charge in [0.15, 0.2) is 5.70 Å². The fraction of sp³-hybridized carbons (Fsp3) is 0.0667. The van der Waals surface area contributed by atoms with Crippen LogP contribution >= 0.6 is 23.2 Å². The second-order valence-corrected chi connectivity index (χ2v) is 5.17. The van der Waals surface area contributed by atoms with Crippen LogP contribution in [-0.2, 0) is 9.53 Å². The first-order chi connectivity index (χ1) is 10.0. The third-order valence-electron chi connectivity index (χ3n) is 2.84. The lowest BCUT2D eigenvalue weighted by Gasteiger charge is -2.03. The van der Waals surface area contributed by atoms with Gasteiger partial charge in [-0.2, -0.15) is 0 Å². The number of furan rings is 1. The van der Waals surface area contributed by atoms with Crippen molar-refractivity contribution in [3.63, 3.8) is 0 Å². The summed E-state index contributed by atoms with van der Waals surface area (Å²) in [6.45, 7) is 1.81. The highest BCUT2D eigenvalue weighted by Gasteiger charge is 2.26. The lowest BCUT2D eigenvalue weighted by Crippen LogP contribution is -2.06. The van der Waals surface area contributed by atoms with Gasteiger partial charge in [-0.05, 0) is 31.2 Å². The summed E-state index contributed by atoms with van der Waals surface area (Å²) >= 11 is 12.0. The van der Waals surface area contributed by atoms with Crippen LogP contribution in [0.15, 0.2) is 45.4 Å². The molecule has 0 aliphatic carbocycles. The quantitative estimate of drug-likeness (QED) is 0.614. The van der Waals surface area contributed by atoms with E-state index in [4.69, 9.17) is 32.4 Å². The van der Waals surface area contributed by atoms with Crippen LogP contribution in [0, 0.1) is 6.92 Å². The molecule has 106 valence electrons. The predicted molar refractivity (Wildman–Crippen MR) is 80.5 cm³/mol. The minimum Gasteiger partial charge on any atom is -0.462 e. The Labute approximate surface area is 130 Å². The van der Waals surface area contributed by atoms with E-state index in [1.54, 1.807) is 30.3 Å². The van der Waals surface area contributed by atoms with E-state index in [0.717, 1.165) is 5.76 Å². The van der Waals surface area contributed by atoms with Gasteiger partial charge < -0.3 is 9.15 Å². The van der Waals surface area contributed by atoms with Crippen LogP contribution in [0.1, 0.15) is 17.1 Å². The summed E-state index contributed by atoms with van der Waals surface area (Å²) in [5, 5.41) is 0.660. The number of rotatable bonds is 2. The fourth-order valence-electron chi connectivity index (χ4n) is 1.86. The Hall–Kier alpha value is -2.04. The Morgan fingerprint density at radius 2 is 2.00 bits per heavy atom. The molecule has 0 saturated carbocycles.